The van der Waals surface area contributed by atoms with Crippen LogP contribution in [0.5, 0.6) is 0 Å². The van der Waals surface area contributed by atoms with Crippen molar-refractivity contribution in [2.24, 2.45) is 5.73 Å². The minimum Gasteiger partial charge on any atom is -0.365 e. The molecule has 5 nitrogen and oxygen atoms in total. The Balaban J connectivity index is 2.21. The van der Waals surface area contributed by atoms with Crippen molar-refractivity contribution < 1.29 is 13.6 Å². The number of halogens is 4. The highest BCUT2D eigenvalue weighted by Crippen LogP contribution is 2.33. The van der Waals surface area contributed by atoms with Gasteiger partial charge in [0.05, 0.1) is 21.3 Å². The van der Waals surface area contributed by atoms with E-state index in [0.717, 1.165) is 0 Å². The number of primary amides is 1. The number of carbonyl (C=O) groups excluding carboxylic acids is 1. The van der Waals surface area contributed by atoms with E-state index < -0.39 is 18.4 Å². The van der Waals surface area contributed by atoms with Gasteiger partial charge in [-0.15, -0.1) is 0 Å². The van der Waals surface area contributed by atoms with E-state index in [0.29, 0.717) is 16.3 Å². The third-order valence-corrected chi connectivity index (χ3v) is 4.44. The highest BCUT2D eigenvalue weighted by Gasteiger charge is 2.33. The van der Waals surface area contributed by atoms with Crippen LogP contribution in [0.1, 0.15) is 22.1 Å². The molecule has 23 heavy (non-hydrogen) atoms. The van der Waals surface area contributed by atoms with E-state index in [2.05, 4.69) is 10.4 Å². The summed E-state index contributed by atoms with van der Waals surface area (Å²) in [6.07, 6.45) is -2.62. The number of rotatable bonds is 3. The van der Waals surface area contributed by atoms with E-state index in [-0.39, 0.29) is 29.4 Å². The molecule has 2 heterocycles. The Morgan fingerprint density at radius 1 is 1.39 bits per heavy atom. The van der Waals surface area contributed by atoms with Gasteiger partial charge in [-0.1, -0.05) is 29.3 Å². The Morgan fingerprint density at radius 2 is 2.13 bits per heavy atom. The topological polar surface area (TPSA) is 72.9 Å². The van der Waals surface area contributed by atoms with Crippen LogP contribution in [0.3, 0.4) is 0 Å². The number of nitrogens with zero attached hydrogens (tertiary/aromatic N) is 2. The minimum absolute atomic E-state index is 0.0609. The van der Waals surface area contributed by atoms with Gasteiger partial charge in [-0.05, 0) is 12.1 Å². The molecule has 1 aromatic carbocycles. The van der Waals surface area contributed by atoms with Gasteiger partial charge in [-0.25, -0.2) is 8.78 Å². The molecule has 0 radical (unpaired) electrons. The number of alkyl halides is 2. The Labute approximate surface area is 140 Å². The number of nitrogens with one attached hydrogen (secondary N) is 1. The van der Waals surface area contributed by atoms with E-state index in [9.17, 15) is 13.6 Å². The lowest BCUT2D eigenvalue weighted by Crippen LogP contribution is -2.38. The molecule has 0 aliphatic carbocycles. The van der Waals surface area contributed by atoms with Crippen LogP contribution in [0.25, 0.3) is 11.3 Å². The van der Waals surface area contributed by atoms with Gasteiger partial charge in [0.2, 0.25) is 0 Å². The summed E-state index contributed by atoms with van der Waals surface area (Å²) in [5, 5.41) is 7.68. The summed E-state index contributed by atoms with van der Waals surface area (Å²) in [5.41, 5.74) is 6.61. The SMILES string of the molecule is NC(=O)c1c(-c2ccc(Cl)c(Cl)c2)nn2c1CNCC2C(F)F. The van der Waals surface area contributed by atoms with E-state index in [1.807, 2.05) is 0 Å². The van der Waals surface area contributed by atoms with E-state index in [1.54, 1.807) is 12.1 Å². The number of nitrogens with two attached hydrogens (primary N) is 1. The Morgan fingerprint density at radius 3 is 2.74 bits per heavy atom. The first-order valence-corrected chi connectivity index (χ1v) is 7.51. The molecule has 0 fully saturated rings. The van der Waals surface area contributed by atoms with Crippen molar-refractivity contribution in [1.82, 2.24) is 15.1 Å². The van der Waals surface area contributed by atoms with Gasteiger partial charge >= 0.3 is 0 Å². The molecule has 3 N–H and O–H groups in total. The second-order valence-corrected chi connectivity index (χ2v) is 5.96. The minimum atomic E-state index is -2.62. The Bertz CT molecular complexity index is 778. The molecule has 122 valence electrons. The first kappa shape index (κ1) is 16.2. The summed E-state index contributed by atoms with van der Waals surface area (Å²) in [6, 6.07) is 3.52. The maximum atomic E-state index is 13.2. The van der Waals surface area contributed by atoms with Crippen molar-refractivity contribution in [3.8, 4) is 11.3 Å². The van der Waals surface area contributed by atoms with Gasteiger partial charge in [0.25, 0.3) is 12.3 Å². The lowest BCUT2D eigenvalue weighted by Gasteiger charge is -2.25. The van der Waals surface area contributed by atoms with Crippen molar-refractivity contribution in [3.05, 3.63) is 39.5 Å². The number of hydrogen-bond acceptors (Lipinski definition) is 3. The van der Waals surface area contributed by atoms with Gasteiger partial charge in [0.1, 0.15) is 11.7 Å². The van der Waals surface area contributed by atoms with Crippen LogP contribution in [0, 0.1) is 0 Å². The molecule has 1 unspecified atom stereocenters. The second-order valence-electron chi connectivity index (χ2n) is 5.14. The molecular weight excluding hydrogens is 349 g/mol. The van der Waals surface area contributed by atoms with Crippen LogP contribution in [0.4, 0.5) is 8.78 Å². The fraction of sp³-hybridized carbons (Fsp3) is 0.286. The molecule has 3 rings (SSSR count). The predicted molar refractivity (Wildman–Crippen MR) is 82.9 cm³/mol. The fourth-order valence-electron chi connectivity index (χ4n) is 2.64. The van der Waals surface area contributed by atoms with Gasteiger partial charge in [-0.3, -0.25) is 9.48 Å². The quantitative estimate of drug-likeness (QED) is 0.883. The monoisotopic (exact) mass is 360 g/mol. The first-order valence-electron chi connectivity index (χ1n) is 6.75. The van der Waals surface area contributed by atoms with Crippen molar-refractivity contribution in [2.75, 3.05) is 6.54 Å². The number of aromatic nitrogens is 2. The molecular formula is C14H12Cl2F2N4O. The zero-order chi connectivity index (χ0) is 16.7. The summed E-state index contributed by atoms with van der Waals surface area (Å²) >= 11 is 11.9. The van der Waals surface area contributed by atoms with Crippen LogP contribution in [-0.2, 0) is 6.54 Å². The molecule has 0 spiro atoms. The zero-order valence-corrected chi connectivity index (χ0v) is 13.2. The smallest absolute Gasteiger partial charge is 0.261 e. The zero-order valence-electron chi connectivity index (χ0n) is 11.7. The second kappa shape index (κ2) is 6.07. The van der Waals surface area contributed by atoms with Crippen molar-refractivity contribution in [1.29, 1.82) is 0 Å². The first-order chi connectivity index (χ1) is 10.9. The summed E-state index contributed by atoms with van der Waals surface area (Å²) < 4.78 is 27.6. The Hall–Kier alpha value is -1.70. The molecule has 1 amide bonds. The largest absolute Gasteiger partial charge is 0.365 e. The Kier molecular flexibility index (Phi) is 4.27. The lowest BCUT2D eigenvalue weighted by atomic mass is 10.0. The average molecular weight is 361 g/mol. The number of fused-ring (bicyclic) bond motifs is 1. The lowest BCUT2D eigenvalue weighted by molar-refractivity contribution is 0.0676. The van der Waals surface area contributed by atoms with Gasteiger partial charge in [-0.2, -0.15) is 5.10 Å². The molecule has 1 aliphatic rings. The summed E-state index contributed by atoms with van der Waals surface area (Å²) in [4.78, 5) is 11.9. The fourth-order valence-corrected chi connectivity index (χ4v) is 2.94. The van der Waals surface area contributed by atoms with Crippen LogP contribution in [0.2, 0.25) is 10.0 Å². The number of hydrogen-bond donors (Lipinski definition) is 2. The van der Waals surface area contributed by atoms with Gasteiger partial charge < -0.3 is 11.1 Å². The summed E-state index contributed by atoms with van der Waals surface area (Å²) in [5.74, 6) is -0.732. The van der Waals surface area contributed by atoms with Crippen LogP contribution in [0.15, 0.2) is 18.2 Å². The van der Waals surface area contributed by atoms with E-state index in [1.165, 1.54) is 10.7 Å². The molecule has 1 aliphatic heterocycles. The standard InChI is InChI=1S/C14H12Cl2F2N4O/c15-7-2-1-6(3-8(7)16)12-11(14(19)23)9-4-20-5-10(13(17)18)22(9)21-12/h1-3,10,13,20H,4-5H2,(H2,19,23). The summed E-state index contributed by atoms with van der Waals surface area (Å²) in [7, 11) is 0. The van der Waals surface area contributed by atoms with Crippen LogP contribution in [-0.4, -0.2) is 28.7 Å². The van der Waals surface area contributed by atoms with Crippen LogP contribution < -0.4 is 11.1 Å². The molecule has 0 bridgehead atoms. The molecule has 2 aromatic rings. The van der Waals surface area contributed by atoms with Crippen molar-refractivity contribution in [3.63, 3.8) is 0 Å². The van der Waals surface area contributed by atoms with E-state index >= 15 is 0 Å². The highest BCUT2D eigenvalue weighted by atomic mass is 35.5. The van der Waals surface area contributed by atoms with Crippen molar-refractivity contribution in [2.45, 2.75) is 19.0 Å². The maximum absolute atomic E-state index is 13.2. The molecule has 1 atom stereocenters. The van der Waals surface area contributed by atoms with Crippen LogP contribution >= 0.6 is 23.2 Å². The number of carbonyl (C=O) groups is 1. The highest BCUT2D eigenvalue weighted by molar-refractivity contribution is 6.42. The summed E-state index contributed by atoms with van der Waals surface area (Å²) in [6.45, 7) is 0.293. The third-order valence-electron chi connectivity index (χ3n) is 3.70. The molecule has 0 saturated carbocycles. The molecule has 1 aromatic heterocycles. The van der Waals surface area contributed by atoms with Gasteiger partial charge in [0, 0.05) is 18.7 Å². The maximum Gasteiger partial charge on any atom is 0.261 e. The predicted octanol–water partition coefficient (Wildman–Crippen LogP) is 2.87. The normalized spacial score (nSPS) is 17.3. The van der Waals surface area contributed by atoms with E-state index in [4.69, 9.17) is 28.9 Å². The third kappa shape index (κ3) is 2.80. The molecule has 9 heteroatoms. The number of amides is 1. The molecule has 0 saturated heterocycles. The number of benzene rings is 1. The average Bonchev–Trinajstić information content (AvgIpc) is 2.89. The van der Waals surface area contributed by atoms with Crippen molar-refractivity contribution >= 4 is 29.1 Å². The van der Waals surface area contributed by atoms with Gasteiger partial charge in [0.15, 0.2) is 0 Å².